The summed E-state index contributed by atoms with van der Waals surface area (Å²) >= 11 is 0. The molecule has 1 aromatic rings. The molecule has 0 aliphatic carbocycles. The van der Waals surface area contributed by atoms with Crippen molar-refractivity contribution in [3.8, 4) is 5.75 Å². The van der Waals surface area contributed by atoms with E-state index in [4.69, 9.17) is 4.74 Å². The van der Waals surface area contributed by atoms with Crippen LogP contribution in [-0.4, -0.2) is 21.6 Å². The number of benzene rings is 1. The first-order chi connectivity index (χ1) is 8.10. The highest BCUT2D eigenvalue weighted by molar-refractivity contribution is 7.89. The fourth-order valence-electron chi connectivity index (χ4n) is 1.32. The van der Waals surface area contributed by atoms with E-state index >= 15 is 0 Å². The van der Waals surface area contributed by atoms with Crippen molar-refractivity contribution in [2.75, 3.05) is 13.2 Å². The van der Waals surface area contributed by atoms with E-state index in [1.807, 2.05) is 0 Å². The second-order valence-corrected chi connectivity index (χ2v) is 5.44. The van der Waals surface area contributed by atoms with E-state index in [0.717, 1.165) is 12.8 Å². The number of hydrogen-bond donors (Lipinski definition) is 1. The molecular formula is C12H19NO3S. The Kier molecular flexibility index (Phi) is 5.44. The first-order valence-corrected chi connectivity index (χ1v) is 7.31. The van der Waals surface area contributed by atoms with Crippen molar-refractivity contribution >= 4 is 10.0 Å². The monoisotopic (exact) mass is 257 g/mol. The predicted molar refractivity (Wildman–Crippen MR) is 67.7 cm³/mol. The molecule has 0 fully saturated rings. The van der Waals surface area contributed by atoms with Gasteiger partial charge in [0, 0.05) is 6.54 Å². The van der Waals surface area contributed by atoms with E-state index in [1.165, 1.54) is 0 Å². The Morgan fingerprint density at radius 2 is 1.82 bits per heavy atom. The summed E-state index contributed by atoms with van der Waals surface area (Å²) in [5, 5.41) is 0. The number of unbranched alkanes of at least 4 members (excludes halogenated alkanes) is 1. The number of nitrogens with one attached hydrogen (secondary N) is 1. The summed E-state index contributed by atoms with van der Waals surface area (Å²) in [6, 6.07) is 6.47. The Labute approximate surface area is 103 Å². The van der Waals surface area contributed by atoms with Crippen LogP contribution in [0.2, 0.25) is 0 Å². The zero-order valence-electron chi connectivity index (χ0n) is 10.3. The Morgan fingerprint density at radius 1 is 1.18 bits per heavy atom. The SMILES string of the molecule is CCCCOc1ccc(S(=O)(=O)NCC)cc1. The average molecular weight is 257 g/mol. The zero-order chi connectivity index (χ0) is 12.7. The van der Waals surface area contributed by atoms with E-state index in [9.17, 15) is 8.42 Å². The predicted octanol–water partition coefficient (Wildman–Crippen LogP) is 2.16. The Hall–Kier alpha value is -1.07. The van der Waals surface area contributed by atoms with Gasteiger partial charge in [-0.3, -0.25) is 0 Å². The second kappa shape index (κ2) is 6.61. The van der Waals surface area contributed by atoms with Crippen molar-refractivity contribution in [2.45, 2.75) is 31.6 Å². The molecule has 96 valence electrons. The van der Waals surface area contributed by atoms with Gasteiger partial charge in [-0.05, 0) is 30.7 Å². The lowest BCUT2D eigenvalue weighted by Crippen LogP contribution is -2.22. The van der Waals surface area contributed by atoms with Crippen molar-refractivity contribution in [3.05, 3.63) is 24.3 Å². The van der Waals surface area contributed by atoms with Crippen LogP contribution in [0.4, 0.5) is 0 Å². The van der Waals surface area contributed by atoms with Gasteiger partial charge in [-0.15, -0.1) is 0 Å². The molecule has 1 aromatic carbocycles. The van der Waals surface area contributed by atoms with Crippen LogP contribution in [-0.2, 0) is 10.0 Å². The van der Waals surface area contributed by atoms with Crippen LogP contribution in [0.5, 0.6) is 5.75 Å². The minimum absolute atomic E-state index is 0.266. The van der Waals surface area contributed by atoms with Gasteiger partial charge in [-0.25, -0.2) is 13.1 Å². The molecular weight excluding hydrogens is 238 g/mol. The molecule has 0 atom stereocenters. The first kappa shape index (κ1) is 14.0. The van der Waals surface area contributed by atoms with Crippen LogP contribution in [0.1, 0.15) is 26.7 Å². The quantitative estimate of drug-likeness (QED) is 0.762. The molecule has 0 aliphatic heterocycles. The summed E-state index contributed by atoms with van der Waals surface area (Å²) in [5.74, 6) is 0.703. The van der Waals surface area contributed by atoms with Crippen LogP contribution in [0.25, 0.3) is 0 Å². The molecule has 0 saturated carbocycles. The molecule has 0 aliphatic rings. The molecule has 0 heterocycles. The number of rotatable bonds is 7. The summed E-state index contributed by atoms with van der Waals surface area (Å²) in [6.45, 7) is 4.89. The van der Waals surface area contributed by atoms with Gasteiger partial charge in [0.05, 0.1) is 11.5 Å². The van der Waals surface area contributed by atoms with E-state index in [0.29, 0.717) is 18.9 Å². The Balaban J connectivity index is 2.68. The number of hydrogen-bond acceptors (Lipinski definition) is 3. The highest BCUT2D eigenvalue weighted by Crippen LogP contribution is 2.16. The molecule has 0 unspecified atom stereocenters. The molecule has 1 N–H and O–H groups in total. The molecule has 4 nitrogen and oxygen atoms in total. The van der Waals surface area contributed by atoms with E-state index in [-0.39, 0.29) is 4.90 Å². The van der Waals surface area contributed by atoms with Crippen LogP contribution in [0.15, 0.2) is 29.2 Å². The lowest BCUT2D eigenvalue weighted by Gasteiger charge is -2.07. The lowest BCUT2D eigenvalue weighted by atomic mass is 10.3. The molecule has 0 radical (unpaired) electrons. The lowest BCUT2D eigenvalue weighted by molar-refractivity contribution is 0.309. The summed E-state index contributed by atoms with van der Waals surface area (Å²) in [5.41, 5.74) is 0. The second-order valence-electron chi connectivity index (χ2n) is 3.67. The highest BCUT2D eigenvalue weighted by Gasteiger charge is 2.11. The average Bonchev–Trinajstić information content (AvgIpc) is 2.30. The van der Waals surface area contributed by atoms with Gasteiger partial charge in [0.2, 0.25) is 10.0 Å². The van der Waals surface area contributed by atoms with E-state index in [1.54, 1.807) is 31.2 Å². The standard InChI is InChI=1S/C12H19NO3S/c1-3-5-10-16-11-6-8-12(9-7-11)17(14,15)13-4-2/h6-9,13H,3-5,10H2,1-2H3. The third kappa shape index (κ3) is 4.36. The van der Waals surface area contributed by atoms with Crippen LogP contribution >= 0.6 is 0 Å². The van der Waals surface area contributed by atoms with Gasteiger partial charge in [-0.1, -0.05) is 20.3 Å². The zero-order valence-corrected chi connectivity index (χ0v) is 11.1. The van der Waals surface area contributed by atoms with Crippen molar-refractivity contribution in [3.63, 3.8) is 0 Å². The van der Waals surface area contributed by atoms with Crippen LogP contribution in [0, 0.1) is 0 Å². The minimum atomic E-state index is -3.36. The summed E-state index contributed by atoms with van der Waals surface area (Å²) < 4.78 is 31.2. The van der Waals surface area contributed by atoms with Gasteiger partial charge in [-0.2, -0.15) is 0 Å². The maximum Gasteiger partial charge on any atom is 0.240 e. The highest BCUT2D eigenvalue weighted by atomic mass is 32.2. The van der Waals surface area contributed by atoms with Gasteiger partial charge in [0.25, 0.3) is 0 Å². The number of ether oxygens (including phenoxy) is 1. The van der Waals surface area contributed by atoms with Gasteiger partial charge in [0.1, 0.15) is 5.75 Å². The third-order valence-corrected chi connectivity index (χ3v) is 3.80. The largest absolute Gasteiger partial charge is 0.494 e. The molecule has 0 spiro atoms. The number of sulfonamides is 1. The molecule has 17 heavy (non-hydrogen) atoms. The first-order valence-electron chi connectivity index (χ1n) is 5.82. The maximum absolute atomic E-state index is 11.7. The van der Waals surface area contributed by atoms with Crippen LogP contribution < -0.4 is 9.46 Å². The van der Waals surface area contributed by atoms with Crippen molar-refractivity contribution < 1.29 is 13.2 Å². The van der Waals surface area contributed by atoms with Crippen LogP contribution in [0.3, 0.4) is 0 Å². The summed E-state index contributed by atoms with van der Waals surface area (Å²) in [6.07, 6.45) is 2.07. The Morgan fingerprint density at radius 3 is 2.35 bits per heavy atom. The molecule has 0 bridgehead atoms. The fourth-order valence-corrected chi connectivity index (χ4v) is 2.36. The molecule has 5 heteroatoms. The molecule has 1 rings (SSSR count). The summed E-state index contributed by atoms with van der Waals surface area (Å²) in [7, 11) is -3.36. The van der Waals surface area contributed by atoms with Crippen molar-refractivity contribution in [1.82, 2.24) is 4.72 Å². The maximum atomic E-state index is 11.7. The van der Waals surface area contributed by atoms with Gasteiger partial charge < -0.3 is 4.74 Å². The molecule has 0 saturated heterocycles. The fraction of sp³-hybridized carbons (Fsp3) is 0.500. The van der Waals surface area contributed by atoms with Gasteiger partial charge >= 0.3 is 0 Å². The topological polar surface area (TPSA) is 55.4 Å². The summed E-state index contributed by atoms with van der Waals surface area (Å²) in [4.78, 5) is 0.266. The van der Waals surface area contributed by atoms with E-state index in [2.05, 4.69) is 11.6 Å². The molecule has 0 amide bonds. The third-order valence-electron chi connectivity index (χ3n) is 2.24. The van der Waals surface area contributed by atoms with Gasteiger partial charge in [0.15, 0.2) is 0 Å². The van der Waals surface area contributed by atoms with Crippen molar-refractivity contribution in [1.29, 1.82) is 0 Å². The smallest absolute Gasteiger partial charge is 0.240 e. The Bertz CT molecular complexity index is 426. The van der Waals surface area contributed by atoms with Crippen molar-refractivity contribution in [2.24, 2.45) is 0 Å². The normalized spacial score (nSPS) is 11.4. The minimum Gasteiger partial charge on any atom is -0.494 e. The van der Waals surface area contributed by atoms with E-state index < -0.39 is 10.0 Å². The molecule has 0 aromatic heterocycles.